The lowest BCUT2D eigenvalue weighted by Gasteiger charge is -2.30. The van der Waals surface area contributed by atoms with E-state index in [1.54, 1.807) is 39.8 Å². The fraction of sp³-hybridized carbons (Fsp3) is 0.167. The van der Waals surface area contributed by atoms with Crippen molar-refractivity contribution in [3.8, 4) is 5.69 Å². The molecule has 0 radical (unpaired) electrons. The number of rotatable bonds is 7. The molecule has 0 saturated carbocycles. The van der Waals surface area contributed by atoms with Gasteiger partial charge in [-0.3, -0.25) is 14.2 Å². The number of fused-ring (bicyclic) bond motifs is 1. The van der Waals surface area contributed by atoms with Crippen LogP contribution in [0.5, 0.6) is 0 Å². The number of aryl methyl sites for hydroxylation is 1. The second-order valence-electron chi connectivity index (χ2n) is 9.00. The number of carbonyl (C=O) groups excluding carboxylic acids is 1. The molecule has 0 aliphatic heterocycles. The van der Waals surface area contributed by atoms with Gasteiger partial charge in [0.2, 0.25) is 0 Å². The Kier molecular flexibility index (Phi) is 6.93. The molecule has 5 aromatic rings. The summed E-state index contributed by atoms with van der Waals surface area (Å²) in [6.07, 6.45) is 2.11. The minimum absolute atomic E-state index is 0.221. The lowest BCUT2D eigenvalue weighted by molar-refractivity contribution is 0.0651. The first-order valence-corrected chi connectivity index (χ1v) is 12.5. The van der Waals surface area contributed by atoms with Crippen LogP contribution in [0.3, 0.4) is 0 Å². The Labute approximate surface area is 219 Å². The highest BCUT2D eigenvalue weighted by Gasteiger charge is 2.29. The van der Waals surface area contributed by atoms with Crippen LogP contribution in [0, 0.1) is 6.92 Å². The topological polar surface area (TPSA) is 68.3 Å². The molecule has 7 heteroatoms. The first-order chi connectivity index (χ1) is 17.9. The van der Waals surface area contributed by atoms with Crippen molar-refractivity contribution >= 4 is 28.4 Å². The number of hydrogen-bond acceptors (Lipinski definition) is 4. The molecule has 1 amide bonds. The van der Waals surface area contributed by atoms with E-state index in [1.165, 1.54) is 6.26 Å². The van der Waals surface area contributed by atoms with E-state index in [4.69, 9.17) is 21.0 Å². The summed E-state index contributed by atoms with van der Waals surface area (Å²) in [6.45, 7) is 4.28. The molecule has 0 fully saturated rings. The average Bonchev–Trinajstić information content (AvgIpc) is 3.45. The molecule has 0 saturated heterocycles. The van der Waals surface area contributed by atoms with Gasteiger partial charge in [-0.15, -0.1) is 0 Å². The Balaban J connectivity index is 1.66. The Morgan fingerprint density at radius 3 is 2.49 bits per heavy atom. The van der Waals surface area contributed by atoms with Crippen molar-refractivity contribution < 1.29 is 9.21 Å². The fourth-order valence-corrected chi connectivity index (χ4v) is 4.61. The summed E-state index contributed by atoms with van der Waals surface area (Å²) in [4.78, 5) is 34.0. The lowest BCUT2D eigenvalue weighted by atomic mass is 10.1. The van der Waals surface area contributed by atoms with Crippen LogP contribution in [0.25, 0.3) is 16.6 Å². The summed E-state index contributed by atoms with van der Waals surface area (Å²) in [5.41, 5.74) is 3.11. The standard InChI is InChI=1S/C30H26ClN3O3/c1-20-10-13-24(14-11-20)34-28(32-26-19-23(31)12-15-25(26)29(34)35)21(2)33(30(36)27-9-6-18-37-27)17-16-22-7-4-3-5-8-22/h3-15,18-19,21H,16-17H2,1-2H3. The van der Waals surface area contributed by atoms with Gasteiger partial charge in [-0.25, -0.2) is 4.98 Å². The van der Waals surface area contributed by atoms with Crippen molar-refractivity contribution in [1.82, 2.24) is 14.5 Å². The largest absolute Gasteiger partial charge is 0.459 e. The molecule has 0 aliphatic carbocycles. The number of benzene rings is 3. The van der Waals surface area contributed by atoms with Gasteiger partial charge in [-0.05, 0) is 68.3 Å². The molecule has 37 heavy (non-hydrogen) atoms. The van der Waals surface area contributed by atoms with Gasteiger partial charge in [0.25, 0.3) is 11.5 Å². The summed E-state index contributed by atoms with van der Waals surface area (Å²) in [5, 5.41) is 0.938. The third-order valence-corrected chi connectivity index (χ3v) is 6.70. The molecule has 5 rings (SSSR count). The summed E-state index contributed by atoms with van der Waals surface area (Å²) in [6, 6.07) is 25.5. The second kappa shape index (κ2) is 10.4. The van der Waals surface area contributed by atoms with E-state index in [0.29, 0.717) is 40.4 Å². The van der Waals surface area contributed by atoms with Crippen molar-refractivity contribution in [2.45, 2.75) is 26.3 Å². The monoisotopic (exact) mass is 511 g/mol. The van der Waals surface area contributed by atoms with Crippen LogP contribution in [0.2, 0.25) is 5.02 Å². The molecule has 2 heterocycles. The molecule has 0 aliphatic rings. The fourth-order valence-electron chi connectivity index (χ4n) is 4.45. The molecule has 1 atom stereocenters. The Morgan fingerprint density at radius 1 is 1.03 bits per heavy atom. The van der Waals surface area contributed by atoms with E-state index in [1.807, 2.05) is 68.4 Å². The van der Waals surface area contributed by atoms with Crippen LogP contribution in [0.1, 0.15) is 40.5 Å². The molecule has 3 aromatic carbocycles. The minimum atomic E-state index is -0.557. The number of carbonyl (C=O) groups is 1. The molecule has 2 aromatic heterocycles. The number of hydrogen-bond donors (Lipinski definition) is 0. The molecule has 1 unspecified atom stereocenters. The van der Waals surface area contributed by atoms with Crippen molar-refractivity contribution in [3.63, 3.8) is 0 Å². The summed E-state index contributed by atoms with van der Waals surface area (Å²) >= 11 is 6.25. The normalized spacial score (nSPS) is 12.0. The summed E-state index contributed by atoms with van der Waals surface area (Å²) in [5.74, 6) is 0.397. The van der Waals surface area contributed by atoms with Gasteiger partial charge in [0.1, 0.15) is 5.82 Å². The highest BCUT2D eigenvalue weighted by atomic mass is 35.5. The smallest absolute Gasteiger partial charge is 0.290 e. The lowest BCUT2D eigenvalue weighted by Crippen LogP contribution is -2.38. The van der Waals surface area contributed by atoms with Gasteiger partial charge in [0.05, 0.1) is 28.9 Å². The number of amides is 1. The van der Waals surface area contributed by atoms with Crippen LogP contribution < -0.4 is 5.56 Å². The third kappa shape index (κ3) is 5.06. The maximum Gasteiger partial charge on any atom is 0.290 e. The van der Waals surface area contributed by atoms with Gasteiger partial charge in [0.15, 0.2) is 5.76 Å². The van der Waals surface area contributed by atoms with Crippen molar-refractivity contribution in [1.29, 1.82) is 0 Å². The Bertz CT molecular complexity index is 1590. The molecule has 0 bridgehead atoms. The van der Waals surface area contributed by atoms with Crippen LogP contribution >= 0.6 is 11.6 Å². The Hall–Kier alpha value is -4.16. The van der Waals surface area contributed by atoms with E-state index >= 15 is 0 Å². The van der Waals surface area contributed by atoms with Gasteiger partial charge >= 0.3 is 0 Å². The average molecular weight is 512 g/mol. The predicted octanol–water partition coefficient (Wildman–Crippen LogP) is 6.39. The molecule has 0 spiro atoms. The first kappa shape index (κ1) is 24.5. The van der Waals surface area contributed by atoms with Crippen LogP contribution in [-0.4, -0.2) is 26.9 Å². The highest BCUT2D eigenvalue weighted by molar-refractivity contribution is 6.31. The number of aromatic nitrogens is 2. The van der Waals surface area contributed by atoms with Crippen LogP contribution in [0.4, 0.5) is 0 Å². The summed E-state index contributed by atoms with van der Waals surface area (Å²) < 4.78 is 7.04. The maximum atomic E-state index is 13.8. The predicted molar refractivity (Wildman–Crippen MR) is 145 cm³/mol. The zero-order valence-electron chi connectivity index (χ0n) is 20.6. The zero-order chi connectivity index (χ0) is 25.9. The maximum absolute atomic E-state index is 13.8. The van der Waals surface area contributed by atoms with Gasteiger partial charge in [-0.2, -0.15) is 0 Å². The summed E-state index contributed by atoms with van der Waals surface area (Å²) in [7, 11) is 0. The van der Waals surface area contributed by atoms with Gasteiger partial charge in [-0.1, -0.05) is 59.6 Å². The quantitative estimate of drug-likeness (QED) is 0.254. The van der Waals surface area contributed by atoms with Crippen LogP contribution in [-0.2, 0) is 6.42 Å². The SMILES string of the molecule is Cc1ccc(-n2c(C(C)N(CCc3ccccc3)C(=O)c3ccco3)nc3cc(Cl)ccc3c2=O)cc1. The van der Waals surface area contributed by atoms with Crippen molar-refractivity contribution in [2.75, 3.05) is 6.54 Å². The van der Waals surface area contributed by atoms with E-state index in [2.05, 4.69) is 0 Å². The van der Waals surface area contributed by atoms with Gasteiger partial charge < -0.3 is 9.32 Å². The Morgan fingerprint density at radius 2 is 1.78 bits per heavy atom. The number of halogens is 1. The van der Waals surface area contributed by atoms with E-state index < -0.39 is 6.04 Å². The minimum Gasteiger partial charge on any atom is -0.459 e. The van der Waals surface area contributed by atoms with E-state index in [0.717, 1.165) is 11.1 Å². The van der Waals surface area contributed by atoms with Crippen LogP contribution in [0.15, 0.2) is 100 Å². The highest BCUT2D eigenvalue weighted by Crippen LogP contribution is 2.26. The molecular formula is C30H26ClN3O3. The third-order valence-electron chi connectivity index (χ3n) is 6.47. The number of nitrogens with zero attached hydrogens (tertiary/aromatic N) is 3. The number of furan rings is 1. The van der Waals surface area contributed by atoms with Crippen molar-refractivity contribution in [3.05, 3.63) is 129 Å². The van der Waals surface area contributed by atoms with Crippen molar-refractivity contribution in [2.24, 2.45) is 0 Å². The molecule has 0 N–H and O–H groups in total. The zero-order valence-corrected chi connectivity index (χ0v) is 21.4. The van der Waals surface area contributed by atoms with Gasteiger partial charge in [0, 0.05) is 11.6 Å². The second-order valence-corrected chi connectivity index (χ2v) is 9.43. The van der Waals surface area contributed by atoms with E-state index in [9.17, 15) is 9.59 Å². The first-order valence-electron chi connectivity index (χ1n) is 12.1. The molecular weight excluding hydrogens is 486 g/mol. The van der Waals surface area contributed by atoms with E-state index in [-0.39, 0.29) is 17.2 Å². The molecule has 6 nitrogen and oxygen atoms in total. The molecule has 186 valence electrons.